The number of carbonyl (C=O) groups excluding carboxylic acids is 1. The van der Waals surface area contributed by atoms with E-state index in [9.17, 15) is 26.4 Å². The van der Waals surface area contributed by atoms with Crippen molar-refractivity contribution >= 4 is 27.5 Å². The van der Waals surface area contributed by atoms with Gasteiger partial charge in [-0.2, -0.15) is 18.7 Å². The molecule has 0 fully saturated rings. The lowest BCUT2D eigenvalue weighted by atomic mass is 9.88. The summed E-state index contributed by atoms with van der Waals surface area (Å²) in [5.41, 5.74) is 0.636. The Labute approximate surface area is 211 Å². The lowest BCUT2D eigenvalue weighted by molar-refractivity contribution is -0.156. The van der Waals surface area contributed by atoms with Crippen molar-refractivity contribution in [2.45, 2.75) is 43.5 Å². The second kappa shape index (κ2) is 10.1. The van der Waals surface area contributed by atoms with Crippen LogP contribution in [0.25, 0.3) is 0 Å². The van der Waals surface area contributed by atoms with Crippen LogP contribution in [0.1, 0.15) is 47.0 Å². The minimum atomic E-state index is -4.53. The molecular weight excluding hydrogens is 521 g/mol. The molecule has 0 aliphatic rings. The average molecular weight is 545 g/mol. The van der Waals surface area contributed by atoms with Crippen LogP contribution in [0.2, 0.25) is 5.02 Å². The fourth-order valence-electron chi connectivity index (χ4n) is 3.75. The second-order valence-corrected chi connectivity index (χ2v) is 10.6. The van der Waals surface area contributed by atoms with E-state index in [0.29, 0.717) is 16.5 Å². The van der Waals surface area contributed by atoms with Crippen LogP contribution in [0.4, 0.5) is 13.2 Å². The molecule has 194 valence electrons. The van der Waals surface area contributed by atoms with Gasteiger partial charge >= 0.3 is 5.92 Å². The topological polar surface area (TPSA) is 121 Å². The summed E-state index contributed by atoms with van der Waals surface area (Å²) >= 11 is 5.91. The molecule has 0 radical (unpaired) electrons. The molecule has 0 spiro atoms. The standard InChI is InChI=1S/C22H24ClF3N6O3S/c1-11-6-9-17(24)18(12(11)2)13(3)19(20-27-30-31-28-20)29-36(34,35)14-7-8-16(23)15(10-14)22(25,26)21(33)32(4)5/h6-10,13,19,29H,1-5H3,(H,27,28,30,31). The molecule has 2 atom stereocenters. The third kappa shape index (κ3) is 5.22. The van der Waals surface area contributed by atoms with E-state index in [1.807, 2.05) is 0 Å². The highest BCUT2D eigenvalue weighted by Gasteiger charge is 2.44. The first-order valence-electron chi connectivity index (χ1n) is 10.6. The Morgan fingerprint density at radius 3 is 2.44 bits per heavy atom. The van der Waals surface area contributed by atoms with Crippen molar-refractivity contribution in [3.63, 3.8) is 0 Å². The number of alkyl halides is 2. The highest BCUT2D eigenvalue weighted by atomic mass is 35.5. The number of tetrazole rings is 1. The van der Waals surface area contributed by atoms with Gasteiger partial charge < -0.3 is 4.90 Å². The summed E-state index contributed by atoms with van der Waals surface area (Å²) in [6.45, 7) is 5.05. The van der Waals surface area contributed by atoms with E-state index in [-0.39, 0.29) is 11.4 Å². The first-order valence-corrected chi connectivity index (χ1v) is 12.5. The maximum absolute atomic E-state index is 14.8. The molecule has 14 heteroatoms. The molecule has 36 heavy (non-hydrogen) atoms. The number of sulfonamides is 1. The van der Waals surface area contributed by atoms with Gasteiger partial charge in [0.2, 0.25) is 10.0 Å². The smallest absolute Gasteiger partial charge is 0.343 e. The summed E-state index contributed by atoms with van der Waals surface area (Å²) in [6, 6.07) is 4.24. The van der Waals surface area contributed by atoms with E-state index in [2.05, 4.69) is 25.3 Å². The fourth-order valence-corrected chi connectivity index (χ4v) is 5.29. The SMILES string of the molecule is Cc1ccc(F)c(C(C)C(NS(=O)(=O)c2ccc(Cl)c(C(F)(F)C(=O)N(C)C)c2)c2nn[nH]n2)c1C. The molecule has 0 saturated carbocycles. The van der Waals surface area contributed by atoms with Gasteiger partial charge in [0.25, 0.3) is 5.91 Å². The summed E-state index contributed by atoms with van der Waals surface area (Å²) in [5, 5.41) is 12.9. The molecular formula is C22H24ClF3N6O3S. The Bertz CT molecular complexity index is 1380. The first kappa shape index (κ1) is 27.6. The van der Waals surface area contributed by atoms with Crippen molar-refractivity contribution < 1.29 is 26.4 Å². The van der Waals surface area contributed by atoms with E-state index in [1.165, 1.54) is 6.07 Å². The van der Waals surface area contributed by atoms with Crippen LogP contribution in [-0.4, -0.2) is 53.9 Å². The van der Waals surface area contributed by atoms with Gasteiger partial charge in [-0.15, -0.1) is 10.2 Å². The quantitative estimate of drug-likeness (QED) is 0.447. The van der Waals surface area contributed by atoms with Gasteiger partial charge in [0.15, 0.2) is 5.82 Å². The summed E-state index contributed by atoms with van der Waals surface area (Å²) in [7, 11) is -2.26. The minimum absolute atomic E-state index is 0.0892. The lowest BCUT2D eigenvalue weighted by Gasteiger charge is -2.25. The molecule has 0 saturated heterocycles. The number of aromatic amines is 1. The van der Waals surface area contributed by atoms with Gasteiger partial charge in [-0.3, -0.25) is 4.79 Å². The van der Waals surface area contributed by atoms with E-state index in [1.54, 1.807) is 26.8 Å². The third-order valence-electron chi connectivity index (χ3n) is 5.87. The Hall–Kier alpha value is -3.03. The maximum Gasteiger partial charge on any atom is 0.351 e. The summed E-state index contributed by atoms with van der Waals surface area (Å²) < 4.78 is 73.5. The van der Waals surface area contributed by atoms with E-state index in [4.69, 9.17) is 11.6 Å². The van der Waals surface area contributed by atoms with Gasteiger partial charge in [-0.05, 0) is 54.8 Å². The molecule has 1 heterocycles. The number of benzene rings is 2. The number of nitrogens with zero attached hydrogens (tertiary/aromatic N) is 4. The van der Waals surface area contributed by atoms with E-state index in [0.717, 1.165) is 31.8 Å². The van der Waals surface area contributed by atoms with Crippen LogP contribution in [-0.2, 0) is 20.7 Å². The number of H-pyrrole nitrogens is 1. The van der Waals surface area contributed by atoms with Gasteiger partial charge in [-0.1, -0.05) is 29.8 Å². The van der Waals surface area contributed by atoms with Gasteiger partial charge in [0, 0.05) is 20.0 Å². The highest BCUT2D eigenvalue weighted by molar-refractivity contribution is 7.89. The number of hydrogen-bond acceptors (Lipinski definition) is 6. The number of rotatable bonds is 8. The highest BCUT2D eigenvalue weighted by Crippen LogP contribution is 2.38. The molecule has 0 aliphatic heterocycles. The van der Waals surface area contributed by atoms with Crippen molar-refractivity contribution in [2.75, 3.05) is 14.1 Å². The number of amides is 1. The molecule has 9 nitrogen and oxygen atoms in total. The van der Waals surface area contributed by atoms with Crippen molar-refractivity contribution in [2.24, 2.45) is 0 Å². The largest absolute Gasteiger partial charge is 0.351 e. The third-order valence-corrected chi connectivity index (χ3v) is 7.64. The summed E-state index contributed by atoms with van der Waals surface area (Å²) in [5.74, 6) is -7.15. The molecule has 1 amide bonds. The van der Waals surface area contributed by atoms with Crippen molar-refractivity contribution in [1.29, 1.82) is 0 Å². The number of carbonyl (C=O) groups is 1. The Morgan fingerprint density at radius 1 is 1.19 bits per heavy atom. The maximum atomic E-state index is 14.8. The molecule has 2 N–H and O–H groups in total. The Morgan fingerprint density at radius 2 is 1.86 bits per heavy atom. The lowest BCUT2D eigenvalue weighted by Crippen LogP contribution is -2.38. The number of halogens is 4. The molecule has 3 rings (SSSR count). The predicted octanol–water partition coefficient (Wildman–Crippen LogP) is 3.61. The van der Waals surface area contributed by atoms with Gasteiger partial charge in [0.1, 0.15) is 5.82 Å². The van der Waals surface area contributed by atoms with Crippen LogP contribution >= 0.6 is 11.6 Å². The normalized spacial score (nSPS) is 13.9. The van der Waals surface area contributed by atoms with Gasteiger partial charge in [0.05, 0.1) is 21.5 Å². The number of likely N-dealkylation sites (N-methyl/N-ethyl adjacent to an activating group) is 1. The molecule has 0 bridgehead atoms. The average Bonchev–Trinajstić information content (AvgIpc) is 3.34. The minimum Gasteiger partial charge on any atom is -0.343 e. The first-order chi connectivity index (χ1) is 16.7. The number of aryl methyl sites for hydroxylation is 1. The number of hydrogen-bond donors (Lipinski definition) is 2. The van der Waals surface area contributed by atoms with Crippen molar-refractivity contribution in [1.82, 2.24) is 30.2 Å². The molecule has 3 aromatic rings. The van der Waals surface area contributed by atoms with Crippen molar-refractivity contribution in [3.05, 3.63) is 69.2 Å². The van der Waals surface area contributed by atoms with E-state index < -0.39 is 55.1 Å². The Kier molecular flexibility index (Phi) is 7.77. The van der Waals surface area contributed by atoms with Crippen LogP contribution in [0.15, 0.2) is 35.2 Å². The number of nitrogens with one attached hydrogen (secondary N) is 2. The van der Waals surface area contributed by atoms with Gasteiger partial charge in [-0.25, -0.2) is 12.8 Å². The number of aromatic nitrogens is 4. The summed E-state index contributed by atoms with van der Waals surface area (Å²) in [4.78, 5) is 12.1. The molecule has 1 aromatic heterocycles. The molecule has 2 unspecified atom stereocenters. The Balaban J connectivity index is 2.08. The predicted molar refractivity (Wildman–Crippen MR) is 126 cm³/mol. The van der Waals surface area contributed by atoms with Crippen LogP contribution in [0, 0.1) is 19.7 Å². The van der Waals surface area contributed by atoms with E-state index >= 15 is 0 Å². The van der Waals surface area contributed by atoms with Crippen LogP contribution in [0.3, 0.4) is 0 Å². The zero-order chi connectivity index (χ0) is 27.0. The van der Waals surface area contributed by atoms with Crippen LogP contribution in [0.5, 0.6) is 0 Å². The summed E-state index contributed by atoms with van der Waals surface area (Å²) in [6.07, 6.45) is 0. The zero-order valence-electron chi connectivity index (χ0n) is 20.0. The fraction of sp³-hybridized carbons (Fsp3) is 0.364. The van der Waals surface area contributed by atoms with Crippen LogP contribution < -0.4 is 4.72 Å². The second-order valence-electron chi connectivity index (χ2n) is 8.48. The zero-order valence-corrected chi connectivity index (χ0v) is 21.5. The van der Waals surface area contributed by atoms with Crippen molar-refractivity contribution in [3.8, 4) is 0 Å². The monoisotopic (exact) mass is 544 g/mol. The molecule has 0 aliphatic carbocycles. The molecule has 2 aromatic carbocycles.